The first kappa shape index (κ1) is 15.7. The molecule has 3 rings (SSSR count). The van der Waals surface area contributed by atoms with E-state index in [9.17, 15) is 0 Å². The first-order valence-corrected chi connectivity index (χ1v) is 8.95. The van der Waals surface area contributed by atoms with E-state index in [1.54, 1.807) is 30.4 Å². The highest BCUT2D eigenvalue weighted by Crippen LogP contribution is 2.30. The lowest BCUT2D eigenvalue weighted by molar-refractivity contribution is 1.01. The summed E-state index contributed by atoms with van der Waals surface area (Å²) < 4.78 is 0.892. The molecule has 0 N–H and O–H groups in total. The molecule has 2 heterocycles. The first-order valence-electron chi connectivity index (χ1n) is 6.39. The Balaban J connectivity index is 1.62. The largest absolute Gasteiger partial charge is 0.261 e. The van der Waals surface area contributed by atoms with Gasteiger partial charge in [-0.3, -0.25) is 9.97 Å². The van der Waals surface area contributed by atoms with Gasteiger partial charge in [0.25, 0.3) is 0 Å². The standard InChI is InChI=1S/C14H10Cl2N4S2/c15-10-2-1-3-11(16)9(10)4-7-21-14-20-19-13(22-14)12-8-17-5-6-18-12/h1-3,5-6,8H,4,7H2. The van der Waals surface area contributed by atoms with Crippen LogP contribution in [0.2, 0.25) is 10.0 Å². The Morgan fingerprint density at radius 2 is 1.91 bits per heavy atom. The molecular weight excluding hydrogens is 359 g/mol. The molecule has 4 nitrogen and oxygen atoms in total. The maximum Gasteiger partial charge on any atom is 0.174 e. The fraction of sp³-hybridized carbons (Fsp3) is 0.143. The average molecular weight is 369 g/mol. The molecule has 0 aliphatic heterocycles. The van der Waals surface area contributed by atoms with Gasteiger partial charge in [0.1, 0.15) is 5.69 Å². The van der Waals surface area contributed by atoms with E-state index in [0.717, 1.165) is 32.8 Å². The van der Waals surface area contributed by atoms with Crippen LogP contribution in [0, 0.1) is 0 Å². The van der Waals surface area contributed by atoms with Crippen molar-refractivity contribution in [3.8, 4) is 10.7 Å². The maximum atomic E-state index is 6.16. The van der Waals surface area contributed by atoms with Crippen LogP contribution < -0.4 is 0 Å². The van der Waals surface area contributed by atoms with Crippen molar-refractivity contribution in [1.82, 2.24) is 20.2 Å². The van der Waals surface area contributed by atoms with Crippen LogP contribution in [0.4, 0.5) is 0 Å². The normalized spacial score (nSPS) is 10.8. The van der Waals surface area contributed by atoms with Crippen LogP contribution in [0.5, 0.6) is 0 Å². The van der Waals surface area contributed by atoms with E-state index in [2.05, 4.69) is 20.2 Å². The minimum atomic E-state index is 0.700. The van der Waals surface area contributed by atoms with E-state index >= 15 is 0 Å². The number of thioether (sulfide) groups is 1. The Bertz CT molecular complexity index is 744. The van der Waals surface area contributed by atoms with Crippen molar-refractivity contribution in [2.45, 2.75) is 10.8 Å². The molecule has 112 valence electrons. The fourth-order valence-electron chi connectivity index (χ4n) is 1.79. The Morgan fingerprint density at radius 3 is 2.64 bits per heavy atom. The second-order valence-corrected chi connectivity index (χ2v) is 7.40. The smallest absolute Gasteiger partial charge is 0.174 e. The molecule has 0 amide bonds. The minimum absolute atomic E-state index is 0.700. The molecule has 2 aromatic heterocycles. The third kappa shape index (κ3) is 3.76. The molecule has 0 atom stereocenters. The number of halogens is 2. The first-order chi connectivity index (χ1) is 10.7. The number of nitrogens with zero attached hydrogens (tertiary/aromatic N) is 4. The quantitative estimate of drug-likeness (QED) is 0.614. The number of hydrogen-bond acceptors (Lipinski definition) is 6. The monoisotopic (exact) mass is 368 g/mol. The van der Waals surface area contributed by atoms with Crippen molar-refractivity contribution >= 4 is 46.3 Å². The number of benzene rings is 1. The molecule has 0 unspecified atom stereocenters. The molecule has 22 heavy (non-hydrogen) atoms. The lowest BCUT2D eigenvalue weighted by atomic mass is 10.2. The van der Waals surface area contributed by atoms with Crippen molar-refractivity contribution in [1.29, 1.82) is 0 Å². The van der Waals surface area contributed by atoms with Crippen LogP contribution in [0.3, 0.4) is 0 Å². The van der Waals surface area contributed by atoms with E-state index in [4.69, 9.17) is 23.2 Å². The SMILES string of the molecule is Clc1cccc(Cl)c1CCSc1nnc(-c2cnccn2)s1. The summed E-state index contributed by atoms with van der Waals surface area (Å²) in [4.78, 5) is 8.25. The van der Waals surface area contributed by atoms with Gasteiger partial charge in [0.2, 0.25) is 0 Å². The molecule has 0 aliphatic carbocycles. The molecule has 0 saturated heterocycles. The maximum absolute atomic E-state index is 6.16. The van der Waals surface area contributed by atoms with Gasteiger partial charge < -0.3 is 0 Å². The molecular formula is C14H10Cl2N4S2. The second-order valence-electron chi connectivity index (χ2n) is 4.26. The van der Waals surface area contributed by atoms with Crippen LogP contribution in [0.15, 0.2) is 41.1 Å². The van der Waals surface area contributed by atoms with Crippen LogP contribution >= 0.6 is 46.3 Å². The number of hydrogen-bond donors (Lipinski definition) is 0. The van der Waals surface area contributed by atoms with Gasteiger partial charge in [0.15, 0.2) is 9.35 Å². The summed E-state index contributed by atoms with van der Waals surface area (Å²) in [6.45, 7) is 0. The second kappa shape index (κ2) is 7.37. The summed E-state index contributed by atoms with van der Waals surface area (Å²) in [6, 6.07) is 5.55. The minimum Gasteiger partial charge on any atom is -0.261 e. The van der Waals surface area contributed by atoms with Crippen LogP contribution in [0.1, 0.15) is 5.56 Å². The molecule has 0 spiro atoms. The van der Waals surface area contributed by atoms with Crippen molar-refractivity contribution in [2.24, 2.45) is 0 Å². The molecule has 0 fully saturated rings. The Kier molecular flexibility index (Phi) is 5.25. The Labute approximate surface area is 145 Å². The Hall–Kier alpha value is -1.21. The average Bonchev–Trinajstić information content (AvgIpc) is 3.00. The molecule has 0 saturated carbocycles. The zero-order valence-electron chi connectivity index (χ0n) is 11.2. The van der Waals surface area contributed by atoms with Crippen LogP contribution in [-0.4, -0.2) is 25.9 Å². The van der Waals surface area contributed by atoms with Gasteiger partial charge >= 0.3 is 0 Å². The zero-order valence-corrected chi connectivity index (χ0v) is 14.4. The van der Waals surface area contributed by atoms with E-state index in [1.165, 1.54) is 11.3 Å². The van der Waals surface area contributed by atoms with Crippen molar-refractivity contribution in [3.05, 3.63) is 52.4 Å². The molecule has 8 heteroatoms. The fourth-order valence-corrected chi connectivity index (χ4v) is 4.22. The van der Waals surface area contributed by atoms with Crippen LogP contribution in [-0.2, 0) is 6.42 Å². The summed E-state index contributed by atoms with van der Waals surface area (Å²) in [5, 5.41) is 10.5. The third-order valence-corrected chi connectivity index (χ3v) is 5.62. The lowest BCUT2D eigenvalue weighted by Gasteiger charge is -2.05. The van der Waals surface area contributed by atoms with Gasteiger partial charge in [-0.1, -0.05) is 52.4 Å². The summed E-state index contributed by atoms with van der Waals surface area (Å²) in [7, 11) is 0. The molecule has 1 aromatic carbocycles. The lowest BCUT2D eigenvalue weighted by Crippen LogP contribution is -1.91. The third-order valence-electron chi connectivity index (χ3n) is 2.83. The van der Waals surface area contributed by atoms with Crippen molar-refractivity contribution in [3.63, 3.8) is 0 Å². The van der Waals surface area contributed by atoms with Gasteiger partial charge in [-0.25, -0.2) is 0 Å². The highest BCUT2D eigenvalue weighted by atomic mass is 35.5. The molecule has 3 aromatic rings. The van der Waals surface area contributed by atoms with Gasteiger partial charge in [0.05, 0.1) is 6.20 Å². The summed E-state index contributed by atoms with van der Waals surface area (Å²) >= 11 is 15.5. The highest BCUT2D eigenvalue weighted by Gasteiger charge is 2.10. The number of aromatic nitrogens is 4. The van der Waals surface area contributed by atoms with Gasteiger partial charge in [-0.15, -0.1) is 10.2 Å². The topological polar surface area (TPSA) is 51.6 Å². The van der Waals surface area contributed by atoms with Gasteiger partial charge in [0, 0.05) is 28.2 Å². The van der Waals surface area contributed by atoms with Crippen LogP contribution in [0.25, 0.3) is 10.7 Å². The predicted octanol–water partition coefficient (Wildman–Crippen LogP) is 4.64. The highest BCUT2D eigenvalue weighted by molar-refractivity contribution is 8.01. The van der Waals surface area contributed by atoms with E-state index in [1.807, 2.05) is 18.2 Å². The van der Waals surface area contributed by atoms with E-state index in [-0.39, 0.29) is 0 Å². The van der Waals surface area contributed by atoms with Gasteiger partial charge in [-0.2, -0.15) is 0 Å². The van der Waals surface area contributed by atoms with Crippen molar-refractivity contribution in [2.75, 3.05) is 5.75 Å². The molecule has 0 bridgehead atoms. The summed E-state index contributed by atoms with van der Waals surface area (Å²) in [5.74, 6) is 0.832. The van der Waals surface area contributed by atoms with E-state index < -0.39 is 0 Å². The van der Waals surface area contributed by atoms with E-state index in [0.29, 0.717) is 10.0 Å². The molecule has 0 radical (unpaired) electrons. The number of rotatable bonds is 5. The summed E-state index contributed by atoms with van der Waals surface area (Å²) in [6.07, 6.45) is 5.73. The molecule has 0 aliphatic rings. The van der Waals surface area contributed by atoms with Crippen molar-refractivity contribution < 1.29 is 0 Å². The Morgan fingerprint density at radius 1 is 1.09 bits per heavy atom. The zero-order chi connectivity index (χ0) is 15.4. The summed E-state index contributed by atoms with van der Waals surface area (Å²) in [5.41, 5.74) is 1.71. The predicted molar refractivity (Wildman–Crippen MR) is 91.8 cm³/mol. The van der Waals surface area contributed by atoms with Gasteiger partial charge in [-0.05, 0) is 24.1 Å².